The first-order valence-electron chi connectivity index (χ1n) is 7.39. The van der Waals surface area contributed by atoms with E-state index in [0.717, 1.165) is 18.6 Å². The molecule has 2 aliphatic carbocycles. The summed E-state index contributed by atoms with van der Waals surface area (Å²) in [5.41, 5.74) is 1.64. The summed E-state index contributed by atoms with van der Waals surface area (Å²) in [6.07, 6.45) is 3.29. The standard InChI is InChI=1S/C17H20ClNO2/c1-16(2)11-8-9-17(16,3)14(10-11)19-21-15(20)12-6-4-5-7-13(12)18/h4-7,11H,8-10H2,1-3H3/b19-14-/t11-,17+/m0/s1. The number of nitrogens with zero attached hydrogens (tertiary/aromatic N) is 1. The van der Waals surface area contributed by atoms with Crippen molar-refractivity contribution in [2.45, 2.75) is 40.0 Å². The molecule has 21 heavy (non-hydrogen) atoms. The van der Waals surface area contributed by atoms with Crippen molar-refractivity contribution in [2.24, 2.45) is 21.9 Å². The monoisotopic (exact) mass is 305 g/mol. The summed E-state index contributed by atoms with van der Waals surface area (Å²) < 4.78 is 0. The van der Waals surface area contributed by atoms with Gasteiger partial charge in [-0.05, 0) is 42.7 Å². The molecule has 1 aromatic carbocycles. The zero-order valence-electron chi connectivity index (χ0n) is 12.6. The molecule has 0 amide bonds. The molecule has 0 aromatic heterocycles. The zero-order valence-corrected chi connectivity index (χ0v) is 13.4. The normalized spacial score (nSPS) is 31.6. The van der Waals surface area contributed by atoms with Crippen LogP contribution < -0.4 is 0 Å². The summed E-state index contributed by atoms with van der Waals surface area (Å²) in [5.74, 6) is 0.151. The largest absolute Gasteiger partial charge is 0.367 e. The Labute approximate surface area is 130 Å². The molecule has 1 aromatic rings. The van der Waals surface area contributed by atoms with Crippen LogP contribution in [-0.4, -0.2) is 11.7 Å². The van der Waals surface area contributed by atoms with Gasteiger partial charge in [-0.25, -0.2) is 4.79 Å². The number of halogens is 1. The maximum atomic E-state index is 12.1. The minimum Gasteiger partial charge on any atom is -0.313 e. The van der Waals surface area contributed by atoms with E-state index in [-0.39, 0.29) is 10.8 Å². The molecule has 0 spiro atoms. The first-order valence-corrected chi connectivity index (χ1v) is 7.77. The molecular weight excluding hydrogens is 286 g/mol. The van der Waals surface area contributed by atoms with Crippen LogP contribution in [0.25, 0.3) is 0 Å². The lowest BCUT2D eigenvalue weighted by Crippen LogP contribution is -2.32. The lowest BCUT2D eigenvalue weighted by atomic mass is 9.70. The molecule has 0 unspecified atom stereocenters. The van der Waals surface area contributed by atoms with Gasteiger partial charge in [-0.1, -0.05) is 49.7 Å². The van der Waals surface area contributed by atoms with Crippen molar-refractivity contribution in [3.63, 3.8) is 0 Å². The number of rotatable bonds is 2. The van der Waals surface area contributed by atoms with Gasteiger partial charge in [0.2, 0.25) is 0 Å². The predicted octanol–water partition coefficient (Wildman–Crippen LogP) is 4.70. The second-order valence-electron chi connectivity index (χ2n) is 6.89. The van der Waals surface area contributed by atoms with E-state index >= 15 is 0 Å². The lowest BCUT2D eigenvalue weighted by Gasteiger charge is -2.34. The molecule has 3 nitrogen and oxygen atoms in total. The molecule has 0 heterocycles. The maximum Gasteiger partial charge on any atom is 0.367 e. The van der Waals surface area contributed by atoms with Crippen molar-refractivity contribution in [3.05, 3.63) is 34.9 Å². The Morgan fingerprint density at radius 2 is 2.05 bits per heavy atom. The van der Waals surface area contributed by atoms with E-state index in [2.05, 4.69) is 25.9 Å². The average molecular weight is 306 g/mol. The second kappa shape index (κ2) is 4.84. The molecule has 2 fully saturated rings. The highest BCUT2D eigenvalue weighted by molar-refractivity contribution is 6.33. The Bertz CT molecular complexity index is 623. The van der Waals surface area contributed by atoms with E-state index < -0.39 is 5.97 Å². The summed E-state index contributed by atoms with van der Waals surface area (Å²) in [4.78, 5) is 17.2. The third kappa shape index (κ3) is 2.10. The fourth-order valence-corrected chi connectivity index (χ4v) is 4.05. The van der Waals surface area contributed by atoms with E-state index in [1.807, 2.05) is 0 Å². The molecule has 3 rings (SSSR count). The van der Waals surface area contributed by atoms with E-state index in [1.165, 1.54) is 6.42 Å². The Morgan fingerprint density at radius 1 is 1.33 bits per heavy atom. The molecule has 2 bridgehead atoms. The molecular formula is C17H20ClNO2. The molecule has 112 valence electrons. The van der Waals surface area contributed by atoms with Crippen molar-refractivity contribution < 1.29 is 9.63 Å². The topological polar surface area (TPSA) is 38.7 Å². The first-order chi connectivity index (χ1) is 9.86. The summed E-state index contributed by atoms with van der Waals surface area (Å²) in [6, 6.07) is 6.87. The van der Waals surface area contributed by atoms with Crippen LogP contribution in [0, 0.1) is 16.7 Å². The molecule has 4 heteroatoms. The van der Waals surface area contributed by atoms with Crippen LogP contribution in [0.15, 0.2) is 29.4 Å². The number of hydrogen-bond donors (Lipinski definition) is 0. The third-order valence-electron chi connectivity index (χ3n) is 5.84. The van der Waals surface area contributed by atoms with E-state index in [0.29, 0.717) is 16.5 Å². The van der Waals surface area contributed by atoms with Gasteiger partial charge in [0.15, 0.2) is 0 Å². The molecule has 0 saturated heterocycles. The minimum atomic E-state index is -0.489. The molecule has 2 atom stereocenters. The lowest BCUT2D eigenvalue weighted by molar-refractivity contribution is 0.0508. The van der Waals surface area contributed by atoms with Gasteiger partial charge in [0.05, 0.1) is 16.3 Å². The summed E-state index contributed by atoms with van der Waals surface area (Å²) >= 11 is 6.00. The van der Waals surface area contributed by atoms with Crippen LogP contribution in [0.1, 0.15) is 50.4 Å². The summed E-state index contributed by atoms with van der Waals surface area (Å²) in [7, 11) is 0. The Balaban J connectivity index is 1.79. The van der Waals surface area contributed by atoms with E-state index in [1.54, 1.807) is 24.3 Å². The highest BCUT2D eigenvalue weighted by atomic mass is 35.5. The van der Waals surface area contributed by atoms with Crippen LogP contribution in [0.2, 0.25) is 5.02 Å². The number of fused-ring (bicyclic) bond motifs is 2. The average Bonchev–Trinajstić information content (AvgIpc) is 2.78. The van der Waals surface area contributed by atoms with Gasteiger partial charge in [-0.3, -0.25) is 0 Å². The van der Waals surface area contributed by atoms with Gasteiger partial charge in [0, 0.05) is 5.41 Å². The number of carbonyl (C=O) groups is 1. The molecule has 0 aliphatic heterocycles. The highest BCUT2D eigenvalue weighted by Crippen LogP contribution is 2.63. The van der Waals surface area contributed by atoms with Crippen molar-refractivity contribution >= 4 is 23.3 Å². The van der Waals surface area contributed by atoms with Crippen LogP contribution in [0.3, 0.4) is 0 Å². The van der Waals surface area contributed by atoms with Gasteiger partial charge in [-0.2, -0.15) is 0 Å². The van der Waals surface area contributed by atoms with E-state index in [4.69, 9.17) is 16.4 Å². The van der Waals surface area contributed by atoms with Crippen molar-refractivity contribution in [1.82, 2.24) is 0 Å². The molecule has 2 saturated carbocycles. The zero-order chi connectivity index (χ0) is 15.3. The van der Waals surface area contributed by atoms with Gasteiger partial charge in [-0.15, -0.1) is 0 Å². The summed E-state index contributed by atoms with van der Waals surface area (Å²) in [5, 5.41) is 4.59. The molecule has 0 N–H and O–H groups in total. The SMILES string of the molecule is CC1(C)[C@H]2CC[C@]1(C)/C(=N\OC(=O)c1ccccc1Cl)C2. The Morgan fingerprint density at radius 3 is 2.62 bits per heavy atom. The smallest absolute Gasteiger partial charge is 0.313 e. The van der Waals surface area contributed by atoms with Crippen molar-refractivity contribution in [2.75, 3.05) is 0 Å². The van der Waals surface area contributed by atoms with Gasteiger partial charge < -0.3 is 4.84 Å². The number of benzene rings is 1. The highest BCUT2D eigenvalue weighted by Gasteiger charge is 2.60. The van der Waals surface area contributed by atoms with Gasteiger partial charge in [0.25, 0.3) is 0 Å². The number of hydrogen-bond acceptors (Lipinski definition) is 3. The maximum absolute atomic E-state index is 12.1. The quantitative estimate of drug-likeness (QED) is 0.587. The van der Waals surface area contributed by atoms with Crippen LogP contribution in [0.4, 0.5) is 0 Å². The fraction of sp³-hybridized carbons (Fsp3) is 0.529. The van der Waals surface area contributed by atoms with Gasteiger partial charge >= 0.3 is 5.97 Å². The fourth-order valence-electron chi connectivity index (χ4n) is 3.84. The minimum absolute atomic E-state index is 0.0401. The Kier molecular flexibility index (Phi) is 3.36. The number of oxime groups is 1. The van der Waals surface area contributed by atoms with Crippen molar-refractivity contribution in [3.8, 4) is 0 Å². The first kappa shape index (κ1) is 14.6. The number of carbonyl (C=O) groups excluding carboxylic acids is 1. The third-order valence-corrected chi connectivity index (χ3v) is 6.17. The van der Waals surface area contributed by atoms with Crippen LogP contribution in [-0.2, 0) is 4.84 Å². The Hall–Kier alpha value is -1.35. The molecule has 0 radical (unpaired) electrons. The van der Waals surface area contributed by atoms with E-state index in [9.17, 15) is 4.79 Å². The second-order valence-corrected chi connectivity index (χ2v) is 7.30. The van der Waals surface area contributed by atoms with Crippen LogP contribution >= 0.6 is 11.6 Å². The van der Waals surface area contributed by atoms with Crippen molar-refractivity contribution in [1.29, 1.82) is 0 Å². The predicted molar refractivity (Wildman–Crippen MR) is 83.5 cm³/mol. The summed E-state index contributed by atoms with van der Waals surface area (Å²) in [6.45, 7) is 6.83. The molecule has 2 aliphatic rings. The van der Waals surface area contributed by atoms with Crippen LogP contribution in [0.5, 0.6) is 0 Å². The van der Waals surface area contributed by atoms with Gasteiger partial charge in [0.1, 0.15) is 0 Å².